The molecule has 2 aromatic heterocycles. The molecule has 0 radical (unpaired) electrons. The lowest BCUT2D eigenvalue weighted by atomic mass is 10.2. The summed E-state index contributed by atoms with van der Waals surface area (Å²) in [6.07, 6.45) is 0. The molecular weight excluding hydrogens is 224 g/mol. The van der Waals surface area contributed by atoms with Gasteiger partial charge in [0.1, 0.15) is 0 Å². The first kappa shape index (κ1) is 9.35. The van der Waals surface area contributed by atoms with Gasteiger partial charge in [-0.05, 0) is 17.6 Å². The third kappa shape index (κ3) is 1.03. The number of para-hydroxylation sites is 1. The van der Waals surface area contributed by atoms with Gasteiger partial charge in [0.2, 0.25) is 0 Å². The van der Waals surface area contributed by atoms with Gasteiger partial charge in [0.25, 0.3) is 0 Å². The molecule has 2 heterocycles. The molecule has 0 spiro atoms. The SMILES string of the molecule is Cn1c2ccccc2c2snc(C(=O)O)c21. The number of carboxylic acids is 1. The molecule has 16 heavy (non-hydrogen) atoms. The Labute approximate surface area is 94.9 Å². The minimum absolute atomic E-state index is 0.138. The van der Waals surface area contributed by atoms with Gasteiger partial charge in [-0.3, -0.25) is 0 Å². The van der Waals surface area contributed by atoms with Gasteiger partial charge >= 0.3 is 5.97 Å². The lowest BCUT2D eigenvalue weighted by Gasteiger charge is -1.96. The maximum Gasteiger partial charge on any atom is 0.357 e. The first-order valence-corrected chi connectivity index (χ1v) is 5.53. The standard InChI is InChI=1S/C11H8N2O2S/c1-13-7-5-3-2-4-6(7)10-9(13)8(11(14)15)12-16-10/h2-5H,1H3,(H,14,15). The molecule has 3 aromatic rings. The Morgan fingerprint density at radius 2 is 2.19 bits per heavy atom. The summed E-state index contributed by atoms with van der Waals surface area (Å²) in [5, 5.41) is 10.1. The Morgan fingerprint density at radius 1 is 1.44 bits per heavy atom. The third-order valence-electron chi connectivity index (χ3n) is 2.72. The second-order valence-electron chi connectivity index (χ2n) is 3.59. The van der Waals surface area contributed by atoms with Crippen LogP contribution in [0.5, 0.6) is 0 Å². The lowest BCUT2D eigenvalue weighted by Crippen LogP contribution is -1.99. The number of nitrogens with zero attached hydrogens (tertiary/aromatic N) is 2. The molecule has 1 aromatic carbocycles. The number of aromatic nitrogens is 2. The van der Waals surface area contributed by atoms with Crippen molar-refractivity contribution in [3.8, 4) is 0 Å². The molecule has 0 atom stereocenters. The molecule has 4 nitrogen and oxygen atoms in total. The molecule has 1 N–H and O–H groups in total. The maximum absolute atomic E-state index is 11.0. The Morgan fingerprint density at radius 3 is 2.94 bits per heavy atom. The summed E-state index contributed by atoms with van der Waals surface area (Å²) in [4.78, 5) is 11.0. The number of aromatic carboxylic acids is 1. The van der Waals surface area contributed by atoms with E-state index in [-0.39, 0.29) is 5.69 Å². The van der Waals surface area contributed by atoms with E-state index in [9.17, 15) is 4.79 Å². The average molecular weight is 232 g/mol. The molecule has 0 aliphatic heterocycles. The summed E-state index contributed by atoms with van der Waals surface area (Å²) in [6.45, 7) is 0. The van der Waals surface area contributed by atoms with Crippen LogP contribution in [-0.2, 0) is 7.05 Å². The van der Waals surface area contributed by atoms with E-state index >= 15 is 0 Å². The Hall–Kier alpha value is -1.88. The number of hydrogen-bond donors (Lipinski definition) is 1. The summed E-state index contributed by atoms with van der Waals surface area (Å²) in [7, 11) is 1.87. The minimum Gasteiger partial charge on any atom is -0.476 e. The molecule has 80 valence electrons. The van der Waals surface area contributed by atoms with Gasteiger partial charge < -0.3 is 9.67 Å². The topological polar surface area (TPSA) is 55.1 Å². The fourth-order valence-corrected chi connectivity index (χ4v) is 2.93. The van der Waals surface area contributed by atoms with E-state index in [1.807, 2.05) is 35.9 Å². The number of aryl methyl sites for hydroxylation is 1. The van der Waals surface area contributed by atoms with Crippen LogP contribution in [-0.4, -0.2) is 20.0 Å². The van der Waals surface area contributed by atoms with Crippen LogP contribution >= 0.6 is 11.5 Å². The number of rotatable bonds is 1. The minimum atomic E-state index is -0.975. The van der Waals surface area contributed by atoms with Crippen LogP contribution in [0.15, 0.2) is 24.3 Å². The van der Waals surface area contributed by atoms with E-state index in [0.29, 0.717) is 5.52 Å². The van der Waals surface area contributed by atoms with E-state index in [0.717, 1.165) is 15.6 Å². The molecule has 0 unspecified atom stereocenters. The number of benzene rings is 1. The quantitative estimate of drug-likeness (QED) is 0.701. The van der Waals surface area contributed by atoms with E-state index in [1.54, 1.807) is 0 Å². The highest BCUT2D eigenvalue weighted by molar-refractivity contribution is 7.14. The van der Waals surface area contributed by atoms with Crippen molar-refractivity contribution in [1.29, 1.82) is 0 Å². The van der Waals surface area contributed by atoms with Crippen molar-refractivity contribution in [3.63, 3.8) is 0 Å². The average Bonchev–Trinajstić information content (AvgIpc) is 2.81. The smallest absolute Gasteiger partial charge is 0.357 e. The van der Waals surface area contributed by atoms with Crippen LogP contribution in [0.3, 0.4) is 0 Å². The van der Waals surface area contributed by atoms with E-state index in [2.05, 4.69) is 4.37 Å². The van der Waals surface area contributed by atoms with Crippen LogP contribution in [0.4, 0.5) is 0 Å². The van der Waals surface area contributed by atoms with Crippen molar-refractivity contribution in [1.82, 2.24) is 8.94 Å². The van der Waals surface area contributed by atoms with E-state index in [1.165, 1.54) is 11.5 Å². The molecule has 0 saturated carbocycles. The monoisotopic (exact) mass is 232 g/mol. The summed E-state index contributed by atoms with van der Waals surface area (Å²) in [5.74, 6) is -0.975. The number of carbonyl (C=O) groups is 1. The highest BCUT2D eigenvalue weighted by Crippen LogP contribution is 2.32. The molecule has 0 fully saturated rings. The number of fused-ring (bicyclic) bond motifs is 3. The fraction of sp³-hybridized carbons (Fsp3) is 0.0909. The zero-order chi connectivity index (χ0) is 11.3. The van der Waals surface area contributed by atoms with Crippen molar-refractivity contribution >= 4 is 38.6 Å². The zero-order valence-corrected chi connectivity index (χ0v) is 9.28. The molecular formula is C11H8N2O2S. The van der Waals surface area contributed by atoms with E-state index in [4.69, 9.17) is 5.11 Å². The highest BCUT2D eigenvalue weighted by Gasteiger charge is 2.19. The van der Waals surface area contributed by atoms with Crippen molar-refractivity contribution < 1.29 is 9.90 Å². The molecule has 3 rings (SSSR count). The van der Waals surface area contributed by atoms with Crippen molar-refractivity contribution in [2.75, 3.05) is 0 Å². The lowest BCUT2D eigenvalue weighted by molar-refractivity contribution is 0.0693. The van der Waals surface area contributed by atoms with Crippen molar-refractivity contribution in [2.24, 2.45) is 7.05 Å². The van der Waals surface area contributed by atoms with Crippen LogP contribution < -0.4 is 0 Å². The summed E-state index contributed by atoms with van der Waals surface area (Å²) < 4.78 is 6.81. The maximum atomic E-state index is 11.0. The second-order valence-corrected chi connectivity index (χ2v) is 4.36. The molecule has 0 saturated heterocycles. The summed E-state index contributed by atoms with van der Waals surface area (Å²) in [6, 6.07) is 7.86. The van der Waals surface area contributed by atoms with Crippen LogP contribution in [0.2, 0.25) is 0 Å². The second kappa shape index (κ2) is 3.05. The molecule has 0 aliphatic rings. The van der Waals surface area contributed by atoms with Crippen LogP contribution in [0.25, 0.3) is 21.1 Å². The Kier molecular flexibility index (Phi) is 1.79. The first-order chi connectivity index (χ1) is 7.70. The normalized spacial score (nSPS) is 11.3. The van der Waals surface area contributed by atoms with Crippen LogP contribution in [0.1, 0.15) is 10.5 Å². The zero-order valence-electron chi connectivity index (χ0n) is 8.47. The van der Waals surface area contributed by atoms with Gasteiger partial charge in [0.05, 0.1) is 10.2 Å². The van der Waals surface area contributed by atoms with Gasteiger partial charge in [0, 0.05) is 18.0 Å². The number of hydrogen-bond acceptors (Lipinski definition) is 3. The van der Waals surface area contributed by atoms with Crippen molar-refractivity contribution in [3.05, 3.63) is 30.0 Å². The van der Waals surface area contributed by atoms with E-state index < -0.39 is 5.97 Å². The largest absolute Gasteiger partial charge is 0.476 e. The summed E-state index contributed by atoms with van der Waals surface area (Å²) >= 11 is 1.24. The Bertz CT molecular complexity index is 711. The predicted octanol–water partition coefficient (Wildman–Crippen LogP) is 2.49. The van der Waals surface area contributed by atoms with Gasteiger partial charge in [-0.2, -0.15) is 4.37 Å². The molecule has 0 amide bonds. The summed E-state index contributed by atoms with van der Waals surface area (Å²) in [5.41, 5.74) is 1.88. The predicted molar refractivity (Wildman–Crippen MR) is 63.1 cm³/mol. The molecule has 5 heteroatoms. The fourth-order valence-electron chi connectivity index (χ4n) is 1.99. The Balaban J connectivity index is 2.58. The third-order valence-corrected chi connectivity index (χ3v) is 3.59. The first-order valence-electron chi connectivity index (χ1n) is 4.76. The van der Waals surface area contributed by atoms with Crippen molar-refractivity contribution in [2.45, 2.75) is 0 Å². The number of carboxylic acid groups (broad SMARTS) is 1. The van der Waals surface area contributed by atoms with Gasteiger partial charge in [-0.1, -0.05) is 18.2 Å². The molecule has 0 bridgehead atoms. The highest BCUT2D eigenvalue weighted by atomic mass is 32.1. The van der Waals surface area contributed by atoms with Gasteiger partial charge in [0.15, 0.2) is 5.69 Å². The molecule has 0 aliphatic carbocycles. The van der Waals surface area contributed by atoms with Crippen LogP contribution in [0, 0.1) is 0 Å². The van der Waals surface area contributed by atoms with Gasteiger partial charge in [-0.25, -0.2) is 4.79 Å². The van der Waals surface area contributed by atoms with Gasteiger partial charge in [-0.15, -0.1) is 0 Å².